The summed E-state index contributed by atoms with van der Waals surface area (Å²) in [5.41, 5.74) is 0.573. The van der Waals surface area contributed by atoms with Gasteiger partial charge in [-0.1, -0.05) is 30.3 Å². The predicted octanol–water partition coefficient (Wildman–Crippen LogP) is 2.44. The van der Waals surface area contributed by atoms with Crippen molar-refractivity contribution in [3.63, 3.8) is 0 Å². The molecule has 0 aromatic heterocycles. The molecule has 0 aliphatic carbocycles. The van der Waals surface area contributed by atoms with Gasteiger partial charge in [0.15, 0.2) is 5.78 Å². The summed E-state index contributed by atoms with van der Waals surface area (Å²) < 4.78 is 4.86. The van der Waals surface area contributed by atoms with Crippen LogP contribution >= 0.6 is 0 Å². The smallest absolute Gasteiger partial charge is 0.407 e. The summed E-state index contributed by atoms with van der Waals surface area (Å²) in [6, 6.07) is 8.85. The first kappa shape index (κ1) is 17.0. The molecule has 1 aromatic rings. The topological polar surface area (TPSA) is 83.9 Å². The second-order valence-corrected chi connectivity index (χ2v) is 5.73. The van der Waals surface area contributed by atoms with Gasteiger partial charge in [0.1, 0.15) is 0 Å². The molecule has 1 aliphatic rings. The van der Waals surface area contributed by atoms with Crippen LogP contribution in [0.5, 0.6) is 0 Å². The Kier molecular flexibility index (Phi) is 5.73. The SMILES string of the molecule is COC(=O)C(CC(=O)c1ccccc1)C1CCN(C(=O)O)CC1. The molecule has 1 saturated heterocycles. The minimum absolute atomic E-state index is 0.0364. The van der Waals surface area contributed by atoms with E-state index in [1.165, 1.54) is 12.0 Å². The standard InChI is InChI=1S/C17H21NO5/c1-23-16(20)14(11-15(19)13-5-3-2-4-6-13)12-7-9-18(10-8-12)17(21)22/h2-6,12,14H,7-11H2,1H3,(H,21,22). The largest absolute Gasteiger partial charge is 0.469 e. The Morgan fingerprint density at radius 1 is 1.22 bits per heavy atom. The third-order valence-corrected chi connectivity index (χ3v) is 4.38. The van der Waals surface area contributed by atoms with E-state index < -0.39 is 18.0 Å². The zero-order chi connectivity index (χ0) is 16.8. The molecule has 1 N–H and O–H groups in total. The first-order valence-electron chi connectivity index (χ1n) is 7.67. The lowest BCUT2D eigenvalue weighted by atomic mass is 9.80. The number of Topliss-reactive ketones (excluding diaryl/α,β-unsaturated/α-hetero) is 1. The zero-order valence-corrected chi connectivity index (χ0v) is 13.1. The van der Waals surface area contributed by atoms with E-state index in [4.69, 9.17) is 9.84 Å². The van der Waals surface area contributed by atoms with Crippen LogP contribution in [-0.2, 0) is 9.53 Å². The van der Waals surface area contributed by atoms with E-state index >= 15 is 0 Å². The van der Waals surface area contributed by atoms with Crippen LogP contribution in [0.25, 0.3) is 0 Å². The first-order chi connectivity index (χ1) is 11.0. The quantitative estimate of drug-likeness (QED) is 0.665. The predicted molar refractivity (Wildman–Crippen MR) is 83.2 cm³/mol. The number of ketones is 1. The molecular formula is C17H21NO5. The number of benzene rings is 1. The van der Waals surface area contributed by atoms with Crippen molar-refractivity contribution in [2.24, 2.45) is 11.8 Å². The molecule has 0 saturated carbocycles. The van der Waals surface area contributed by atoms with Gasteiger partial charge in [0, 0.05) is 25.1 Å². The number of methoxy groups -OCH3 is 1. The summed E-state index contributed by atoms with van der Waals surface area (Å²) in [6.45, 7) is 0.764. The number of amides is 1. The summed E-state index contributed by atoms with van der Waals surface area (Å²) in [6.07, 6.45) is 0.273. The summed E-state index contributed by atoms with van der Waals surface area (Å²) in [5, 5.41) is 8.99. The van der Waals surface area contributed by atoms with Crippen LogP contribution in [0, 0.1) is 11.8 Å². The fourth-order valence-electron chi connectivity index (χ4n) is 3.03. The van der Waals surface area contributed by atoms with Crippen LogP contribution < -0.4 is 0 Å². The van der Waals surface area contributed by atoms with E-state index in [0.717, 1.165) is 0 Å². The van der Waals surface area contributed by atoms with E-state index in [9.17, 15) is 14.4 Å². The molecule has 1 atom stereocenters. The van der Waals surface area contributed by atoms with Crippen LogP contribution in [0.2, 0.25) is 0 Å². The average Bonchev–Trinajstić information content (AvgIpc) is 2.59. The lowest BCUT2D eigenvalue weighted by molar-refractivity contribution is -0.148. The van der Waals surface area contributed by atoms with Crippen LogP contribution in [-0.4, -0.2) is 48.1 Å². The summed E-state index contributed by atoms with van der Waals surface area (Å²) in [4.78, 5) is 36.8. The summed E-state index contributed by atoms with van der Waals surface area (Å²) in [5.74, 6) is -1.06. The Balaban J connectivity index is 2.05. The van der Waals surface area contributed by atoms with Gasteiger partial charge in [0.05, 0.1) is 13.0 Å². The minimum atomic E-state index is -0.946. The van der Waals surface area contributed by atoms with Gasteiger partial charge in [-0.05, 0) is 18.8 Å². The van der Waals surface area contributed by atoms with Crippen LogP contribution in [0.15, 0.2) is 30.3 Å². The number of nitrogens with zero attached hydrogens (tertiary/aromatic N) is 1. The van der Waals surface area contributed by atoms with Crippen molar-refractivity contribution in [3.05, 3.63) is 35.9 Å². The van der Waals surface area contributed by atoms with Crippen molar-refractivity contribution in [2.75, 3.05) is 20.2 Å². The Morgan fingerprint density at radius 2 is 1.83 bits per heavy atom. The van der Waals surface area contributed by atoms with Crippen LogP contribution in [0.4, 0.5) is 4.79 Å². The molecule has 1 aliphatic heterocycles. The van der Waals surface area contributed by atoms with Crippen molar-refractivity contribution in [1.82, 2.24) is 4.90 Å². The Bertz CT molecular complexity index is 564. The van der Waals surface area contributed by atoms with Crippen molar-refractivity contribution in [1.29, 1.82) is 0 Å². The Morgan fingerprint density at radius 3 is 2.35 bits per heavy atom. The van der Waals surface area contributed by atoms with Crippen LogP contribution in [0.1, 0.15) is 29.6 Å². The summed E-state index contributed by atoms with van der Waals surface area (Å²) >= 11 is 0. The maximum atomic E-state index is 12.4. The molecule has 1 heterocycles. The molecule has 6 heteroatoms. The molecule has 1 unspecified atom stereocenters. The fourth-order valence-corrected chi connectivity index (χ4v) is 3.03. The molecule has 1 aromatic carbocycles. The molecule has 0 radical (unpaired) electrons. The van der Waals surface area contributed by atoms with E-state index in [1.54, 1.807) is 24.3 Å². The molecule has 23 heavy (non-hydrogen) atoms. The van der Waals surface area contributed by atoms with E-state index in [2.05, 4.69) is 0 Å². The van der Waals surface area contributed by atoms with E-state index in [0.29, 0.717) is 31.5 Å². The molecule has 1 fully saturated rings. The second-order valence-electron chi connectivity index (χ2n) is 5.73. The summed E-state index contributed by atoms with van der Waals surface area (Å²) in [7, 11) is 1.31. The number of piperidine rings is 1. The number of carbonyl (C=O) groups excluding carboxylic acids is 2. The highest BCUT2D eigenvalue weighted by atomic mass is 16.5. The highest BCUT2D eigenvalue weighted by Gasteiger charge is 2.34. The average molecular weight is 319 g/mol. The third-order valence-electron chi connectivity index (χ3n) is 4.38. The number of hydrogen-bond donors (Lipinski definition) is 1. The monoisotopic (exact) mass is 319 g/mol. The lowest BCUT2D eigenvalue weighted by Gasteiger charge is -2.33. The number of esters is 1. The number of rotatable bonds is 5. The van der Waals surface area contributed by atoms with Gasteiger partial charge in [-0.3, -0.25) is 9.59 Å². The number of ether oxygens (including phenoxy) is 1. The third kappa shape index (κ3) is 4.31. The van der Waals surface area contributed by atoms with Gasteiger partial charge < -0.3 is 14.7 Å². The maximum Gasteiger partial charge on any atom is 0.407 e. The molecular weight excluding hydrogens is 298 g/mol. The van der Waals surface area contributed by atoms with Crippen molar-refractivity contribution in [3.8, 4) is 0 Å². The van der Waals surface area contributed by atoms with E-state index in [1.807, 2.05) is 6.07 Å². The van der Waals surface area contributed by atoms with Gasteiger partial charge in [0.2, 0.25) is 0 Å². The van der Waals surface area contributed by atoms with Gasteiger partial charge in [-0.15, -0.1) is 0 Å². The minimum Gasteiger partial charge on any atom is -0.469 e. The van der Waals surface area contributed by atoms with Crippen molar-refractivity contribution < 1.29 is 24.2 Å². The molecule has 1 amide bonds. The number of carboxylic acid groups (broad SMARTS) is 1. The highest BCUT2D eigenvalue weighted by Crippen LogP contribution is 2.29. The Labute approximate surface area is 135 Å². The number of likely N-dealkylation sites (tertiary alicyclic amines) is 1. The number of hydrogen-bond acceptors (Lipinski definition) is 4. The molecule has 0 bridgehead atoms. The van der Waals surface area contributed by atoms with Gasteiger partial charge in [0.25, 0.3) is 0 Å². The van der Waals surface area contributed by atoms with Crippen LogP contribution in [0.3, 0.4) is 0 Å². The van der Waals surface area contributed by atoms with Gasteiger partial charge in [-0.2, -0.15) is 0 Å². The normalized spacial score (nSPS) is 16.7. The molecule has 124 valence electrons. The second kappa shape index (κ2) is 7.76. The molecule has 0 spiro atoms. The van der Waals surface area contributed by atoms with Crippen molar-refractivity contribution in [2.45, 2.75) is 19.3 Å². The number of carbonyl (C=O) groups is 3. The van der Waals surface area contributed by atoms with Crippen molar-refractivity contribution >= 4 is 17.8 Å². The Hall–Kier alpha value is -2.37. The lowest BCUT2D eigenvalue weighted by Crippen LogP contribution is -2.41. The molecule has 6 nitrogen and oxygen atoms in total. The maximum absolute atomic E-state index is 12.4. The fraction of sp³-hybridized carbons (Fsp3) is 0.471. The first-order valence-corrected chi connectivity index (χ1v) is 7.67. The zero-order valence-electron chi connectivity index (χ0n) is 13.1. The van der Waals surface area contributed by atoms with E-state index in [-0.39, 0.29) is 18.1 Å². The molecule has 2 rings (SSSR count). The van der Waals surface area contributed by atoms with Gasteiger partial charge in [-0.25, -0.2) is 4.79 Å². The highest BCUT2D eigenvalue weighted by molar-refractivity contribution is 5.98. The van der Waals surface area contributed by atoms with Gasteiger partial charge >= 0.3 is 12.1 Å².